The zero-order chi connectivity index (χ0) is 16.2. The van der Waals surface area contributed by atoms with Crippen LogP contribution in [0, 0.1) is 0 Å². The smallest absolute Gasteiger partial charge is 0.231 e. The molecule has 3 N–H and O–H groups in total. The molecule has 22 heavy (non-hydrogen) atoms. The van der Waals surface area contributed by atoms with Crippen molar-refractivity contribution in [2.75, 3.05) is 13.7 Å². The molecule has 0 saturated heterocycles. The summed E-state index contributed by atoms with van der Waals surface area (Å²) in [5, 5.41) is 9.54. The van der Waals surface area contributed by atoms with E-state index in [1.54, 1.807) is 13.2 Å². The molecular formula is C16H27NO4S. The van der Waals surface area contributed by atoms with E-state index < -0.39 is 11.3 Å². The van der Waals surface area contributed by atoms with Gasteiger partial charge in [-0.25, -0.2) is 8.93 Å². The van der Waals surface area contributed by atoms with Crippen LogP contribution in [0.25, 0.3) is 0 Å². The van der Waals surface area contributed by atoms with Crippen LogP contribution >= 0.6 is 0 Å². The van der Waals surface area contributed by atoms with Gasteiger partial charge in [-0.05, 0) is 37.0 Å². The lowest BCUT2D eigenvalue weighted by molar-refractivity contribution is 0.373. The summed E-state index contributed by atoms with van der Waals surface area (Å²) in [5.74, 6) is 0.723. The van der Waals surface area contributed by atoms with Crippen molar-refractivity contribution in [2.45, 2.75) is 51.4 Å². The molecule has 0 aliphatic carbocycles. The Balaban J connectivity index is 2.00. The second-order valence-corrected chi connectivity index (χ2v) is 6.16. The summed E-state index contributed by atoms with van der Waals surface area (Å²) in [5.41, 5.74) is 1.19. The fourth-order valence-electron chi connectivity index (χ4n) is 2.38. The summed E-state index contributed by atoms with van der Waals surface area (Å²) in [6.07, 6.45) is 8.98. The standard InChI is InChI=1S/C16H27NO4S/c1-21-16-13-14(10-11-15(16)18)9-7-5-3-2-4-6-8-12-17-22(19)20/h10-11,13,17-18H,2-9,12H2,1H3,(H,19,20). The van der Waals surface area contributed by atoms with Crippen molar-refractivity contribution in [3.63, 3.8) is 0 Å². The van der Waals surface area contributed by atoms with E-state index in [0.29, 0.717) is 12.3 Å². The van der Waals surface area contributed by atoms with Gasteiger partial charge in [0.1, 0.15) is 0 Å². The number of aryl methyl sites for hydroxylation is 1. The largest absolute Gasteiger partial charge is 0.504 e. The van der Waals surface area contributed by atoms with Crippen LogP contribution in [0.5, 0.6) is 11.5 Å². The first kappa shape index (κ1) is 18.9. The van der Waals surface area contributed by atoms with E-state index in [0.717, 1.165) is 25.7 Å². The van der Waals surface area contributed by atoms with Crippen LogP contribution in [0.4, 0.5) is 0 Å². The van der Waals surface area contributed by atoms with E-state index in [2.05, 4.69) is 4.72 Å². The average Bonchev–Trinajstić information content (AvgIpc) is 2.50. The van der Waals surface area contributed by atoms with Crippen LogP contribution < -0.4 is 9.46 Å². The molecule has 1 aromatic carbocycles. The molecule has 1 aromatic rings. The van der Waals surface area contributed by atoms with E-state index in [1.165, 1.54) is 31.2 Å². The van der Waals surface area contributed by atoms with Gasteiger partial charge in [0.2, 0.25) is 11.3 Å². The Kier molecular flexibility index (Phi) is 9.86. The van der Waals surface area contributed by atoms with Gasteiger partial charge in [-0.1, -0.05) is 38.2 Å². The van der Waals surface area contributed by atoms with Gasteiger partial charge in [-0.2, -0.15) is 0 Å². The van der Waals surface area contributed by atoms with Gasteiger partial charge < -0.3 is 9.84 Å². The summed E-state index contributed by atoms with van der Waals surface area (Å²) in [4.78, 5) is 0. The van der Waals surface area contributed by atoms with Gasteiger partial charge in [0.25, 0.3) is 0 Å². The topological polar surface area (TPSA) is 78.8 Å². The lowest BCUT2D eigenvalue weighted by Gasteiger charge is -2.07. The Morgan fingerprint density at radius 3 is 2.36 bits per heavy atom. The van der Waals surface area contributed by atoms with Gasteiger partial charge >= 0.3 is 0 Å². The Hall–Kier alpha value is -1.11. The number of benzene rings is 1. The number of hydrogen-bond acceptors (Lipinski definition) is 3. The number of methoxy groups -OCH3 is 1. The molecular weight excluding hydrogens is 302 g/mol. The van der Waals surface area contributed by atoms with Crippen LogP contribution in [0.2, 0.25) is 0 Å². The predicted molar refractivity (Wildman–Crippen MR) is 89.5 cm³/mol. The fourth-order valence-corrected chi connectivity index (χ4v) is 2.69. The number of hydrogen-bond donors (Lipinski definition) is 3. The highest BCUT2D eigenvalue weighted by molar-refractivity contribution is 7.77. The van der Waals surface area contributed by atoms with Gasteiger partial charge in [0, 0.05) is 6.54 Å². The normalized spacial score (nSPS) is 12.3. The van der Waals surface area contributed by atoms with Crippen molar-refractivity contribution >= 4 is 11.3 Å². The highest BCUT2D eigenvalue weighted by Gasteiger charge is 2.02. The zero-order valence-electron chi connectivity index (χ0n) is 13.2. The quantitative estimate of drug-likeness (QED) is 0.406. The van der Waals surface area contributed by atoms with Crippen LogP contribution in [-0.2, 0) is 17.7 Å². The van der Waals surface area contributed by atoms with E-state index in [4.69, 9.17) is 9.29 Å². The predicted octanol–water partition coefficient (Wildman–Crippen LogP) is 3.40. The average molecular weight is 329 g/mol. The van der Waals surface area contributed by atoms with Gasteiger partial charge in [0.05, 0.1) is 7.11 Å². The molecule has 0 aliphatic heterocycles. The molecule has 5 nitrogen and oxygen atoms in total. The minimum absolute atomic E-state index is 0.186. The van der Waals surface area contributed by atoms with Crippen molar-refractivity contribution in [2.24, 2.45) is 0 Å². The zero-order valence-corrected chi connectivity index (χ0v) is 14.0. The highest BCUT2D eigenvalue weighted by Crippen LogP contribution is 2.27. The number of rotatable bonds is 12. The minimum Gasteiger partial charge on any atom is -0.504 e. The summed E-state index contributed by atoms with van der Waals surface area (Å²) in [6, 6.07) is 5.52. The summed E-state index contributed by atoms with van der Waals surface area (Å²) in [6.45, 7) is 0.603. The first-order chi connectivity index (χ1) is 10.6. The molecule has 1 rings (SSSR count). The van der Waals surface area contributed by atoms with E-state index in [-0.39, 0.29) is 5.75 Å². The fraction of sp³-hybridized carbons (Fsp3) is 0.625. The maximum absolute atomic E-state index is 10.4. The van der Waals surface area contributed by atoms with Crippen LogP contribution in [0.1, 0.15) is 50.5 Å². The molecule has 0 heterocycles. The third-order valence-corrected chi connectivity index (χ3v) is 4.06. The van der Waals surface area contributed by atoms with Crippen molar-refractivity contribution < 1.29 is 18.6 Å². The van der Waals surface area contributed by atoms with Crippen molar-refractivity contribution in [1.29, 1.82) is 0 Å². The molecule has 0 aliphatic rings. The molecule has 0 radical (unpaired) electrons. The lowest BCUT2D eigenvalue weighted by Crippen LogP contribution is -2.17. The molecule has 1 unspecified atom stereocenters. The molecule has 0 spiro atoms. The molecule has 1 atom stereocenters. The Bertz CT molecular complexity index is 454. The Labute approximate surface area is 135 Å². The third-order valence-electron chi connectivity index (χ3n) is 3.61. The summed E-state index contributed by atoms with van der Waals surface area (Å²) in [7, 11) is 1.56. The molecule has 0 saturated carbocycles. The van der Waals surface area contributed by atoms with Gasteiger partial charge in [-0.15, -0.1) is 0 Å². The van der Waals surface area contributed by atoms with Crippen molar-refractivity contribution in [3.8, 4) is 11.5 Å². The minimum atomic E-state index is -1.87. The maximum atomic E-state index is 10.4. The molecule has 0 amide bonds. The summed E-state index contributed by atoms with van der Waals surface area (Å²) >= 11 is -1.87. The highest BCUT2D eigenvalue weighted by atomic mass is 32.2. The van der Waals surface area contributed by atoms with Gasteiger partial charge in [0.15, 0.2) is 11.5 Å². The molecule has 0 fully saturated rings. The second-order valence-electron chi connectivity index (χ2n) is 5.37. The maximum Gasteiger partial charge on any atom is 0.231 e. The Morgan fingerprint density at radius 2 is 1.73 bits per heavy atom. The molecule has 6 heteroatoms. The van der Waals surface area contributed by atoms with Crippen LogP contribution in [0.3, 0.4) is 0 Å². The number of phenolic OH excluding ortho intramolecular Hbond substituents is 1. The number of nitrogens with one attached hydrogen (secondary N) is 1. The van der Waals surface area contributed by atoms with Crippen molar-refractivity contribution in [3.05, 3.63) is 23.8 Å². The van der Waals surface area contributed by atoms with Crippen molar-refractivity contribution in [1.82, 2.24) is 4.72 Å². The molecule has 0 aromatic heterocycles. The first-order valence-corrected chi connectivity index (χ1v) is 8.94. The monoisotopic (exact) mass is 329 g/mol. The van der Waals surface area contributed by atoms with E-state index in [9.17, 15) is 9.32 Å². The number of aromatic hydroxyl groups is 1. The SMILES string of the molecule is COc1cc(CCCCCCCCCNS(=O)O)ccc1O. The van der Waals surface area contributed by atoms with Crippen LogP contribution in [-0.4, -0.2) is 27.5 Å². The number of ether oxygens (including phenoxy) is 1. The molecule has 0 bridgehead atoms. The van der Waals surface area contributed by atoms with E-state index in [1.807, 2.05) is 12.1 Å². The molecule has 126 valence electrons. The second kappa shape index (κ2) is 11.5. The number of unbranched alkanes of at least 4 members (excludes halogenated alkanes) is 6. The van der Waals surface area contributed by atoms with Gasteiger partial charge in [-0.3, -0.25) is 4.55 Å². The third kappa shape index (κ3) is 8.36. The summed E-state index contributed by atoms with van der Waals surface area (Å²) < 4.78 is 26.5. The Morgan fingerprint density at radius 1 is 1.09 bits per heavy atom. The first-order valence-electron chi connectivity index (χ1n) is 7.83. The lowest BCUT2D eigenvalue weighted by atomic mass is 10.0. The number of phenols is 1. The van der Waals surface area contributed by atoms with Crippen LogP contribution in [0.15, 0.2) is 18.2 Å². The van der Waals surface area contributed by atoms with E-state index >= 15 is 0 Å².